The molecule has 1 aliphatic rings. The molecule has 2 aromatic heterocycles. The molecule has 0 spiro atoms. The van der Waals surface area contributed by atoms with Crippen LogP contribution < -0.4 is 9.64 Å². The summed E-state index contributed by atoms with van der Waals surface area (Å²) < 4.78 is 9.74. The highest BCUT2D eigenvalue weighted by molar-refractivity contribution is 7.07. The molecule has 1 atom stereocenters. The summed E-state index contributed by atoms with van der Waals surface area (Å²) >= 11 is 1.14. The quantitative estimate of drug-likeness (QED) is 0.825. The highest BCUT2D eigenvalue weighted by Gasteiger charge is 2.28. The van der Waals surface area contributed by atoms with E-state index in [1.54, 1.807) is 17.9 Å². The number of rotatable bonds is 4. The molecule has 9 heteroatoms. The number of ether oxygens (including phenoxy) is 1. The summed E-state index contributed by atoms with van der Waals surface area (Å²) in [7, 11) is 3.82. The standard InChI is InChI=1S/C15H20N6O2S/c1-10-14(24-19-16-10)15(22)21-8-4-5-11(9-21)23-13-7-6-12(17-18-13)20(2)3/h6-7,11H,4-5,8-9H2,1-3H3. The average Bonchev–Trinajstić information content (AvgIpc) is 3.01. The van der Waals surface area contributed by atoms with Crippen molar-refractivity contribution in [2.75, 3.05) is 32.1 Å². The van der Waals surface area contributed by atoms with Crippen LogP contribution in [0.2, 0.25) is 0 Å². The molecule has 1 unspecified atom stereocenters. The van der Waals surface area contributed by atoms with Gasteiger partial charge in [-0.1, -0.05) is 4.49 Å². The van der Waals surface area contributed by atoms with Crippen molar-refractivity contribution in [3.63, 3.8) is 0 Å². The average molecular weight is 348 g/mol. The molecule has 1 amide bonds. The number of carbonyl (C=O) groups excluding carboxylic acids is 1. The van der Waals surface area contributed by atoms with E-state index < -0.39 is 0 Å². The monoisotopic (exact) mass is 348 g/mol. The largest absolute Gasteiger partial charge is 0.471 e. The zero-order valence-corrected chi connectivity index (χ0v) is 14.8. The summed E-state index contributed by atoms with van der Waals surface area (Å²) in [5, 5.41) is 12.1. The van der Waals surface area contributed by atoms with Gasteiger partial charge >= 0.3 is 0 Å². The van der Waals surface area contributed by atoms with Gasteiger partial charge in [-0.05, 0) is 37.4 Å². The predicted octanol–water partition coefficient (Wildman–Crippen LogP) is 1.39. The maximum absolute atomic E-state index is 12.6. The number of carbonyl (C=O) groups is 1. The number of aromatic nitrogens is 4. The maximum Gasteiger partial charge on any atom is 0.267 e. The summed E-state index contributed by atoms with van der Waals surface area (Å²) in [6, 6.07) is 3.67. The van der Waals surface area contributed by atoms with E-state index >= 15 is 0 Å². The fraction of sp³-hybridized carbons (Fsp3) is 0.533. The second-order valence-electron chi connectivity index (χ2n) is 5.94. The molecule has 24 heavy (non-hydrogen) atoms. The lowest BCUT2D eigenvalue weighted by Crippen LogP contribution is -2.44. The van der Waals surface area contributed by atoms with E-state index in [-0.39, 0.29) is 12.0 Å². The van der Waals surface area contributed by atoms with Crippen molar-refractivity contribution in [1.29, 1.82) is 0 Å². The van der Waals surface area contributed by atoms with Crippen LogP contribution in [0.1, 0.15) is 28.2 Å². The molecule has 1 fully saturated rings. The van der Waals surface area contributed by atoms with Gasteiger partial charge in [0.25, 0.3) is 5.91 Å². The first kappa shape index (κ1) is 16.6. The third-order valence-electron chi connectivity index (χ3n) is 3.88. The molecule has 0 radical (unpaired) electrons. The second kappa shape index (κ2) is 7.08. The number of anilines is 1. The summed E-state index contributed by atoms with van der Waals surface area (Å²) in [5.74, 6) is 1.23. The fourth-order valence-electron chi connectivity index (χ4n) is 2.58. The van der Waals surface area contributed by atoms with Gasteiger partial charge in [0, 0.05) is 26.7 Å². The van der Waals surface area contributed by atoms with Crippen molar-refractivity contribution in [3.8, 4) is 5.88 Å². The smallest absolute Gasteiger partial charge is 0.267 e. The Morgan fingerprint density at radius 2 is 2.17 bits per heavy atom. The number of piperidine rings is 1. The van der Waals surface area contributed by atoms with Crippen LogP contribution in [0, 0.1) is 6.92 Å². The van der Waals surface area contributed by atoms with E-state index in [4.69, 9.17) is 4.74 Å². The van der Waals surface area contributed by atoms with Gasteiger partial charge in [-0.2, -0.15) is 0 Å². The van der Waals surface area contributed by atoms with Gasteiger partial charge in [0.05, 0.1) is 12.2 Å². The van der Waals surface area contributed by atoms with Gasteiger partial charge in [0.1, 0.15) is 11.0 Å². The number of nitrogens with zero attached hydrogens (tertiary/aromatic N) is 6. The van der Waals surface area contributed by atoms with Crippen molar-refractivity contribution in [2.24, 2.45) is 0 Å². The minimum atomic E-state index is -0.0802. The molecule has 8 nitrogen and oxygen atoms in total. The lowest BCUT2D eigenvalue weighted by atomic mass is 10.1. The van der Waals surface area contributed by atoms with Crippen molar-refractivity contribution >= 4 is 23.3 Å². The molecule has 0 aliphatic carbocycles. The van der Waals surface area contributed by atoms with Gasteiger partial charge in [0.2, 0.25) is 5.88 Å². The van der Waals surface area contributed by atoms with Crippen LogP contribution in [0.3, 0.4) is 0 Å². The first-order chi connectivity index (χ1) is 11.5. The first-order valence-electron chi connectivity index (χ1n) is 7.80. The molecular weight excluding hydrogens is 328 g/mol. The molecule has 0 N–H and O–H groups in total. The molecule has 1 saturated heterocycles. The minimum Gasteiger partial charge on any atom is -0.471 e. The van der Waals surface area contributed by atoms with Crippen molar-refractivity contribution < 1.29 is 9.53 Å². The highest BCUT2D eigenvalue weighted by atomic mass is 32.1. The summed E-state index contributed by atoms with van der Waals surface area (Å²) in [4.78, 5) is 16.9. The molecule has 0 bridgehead atoms. The zero-order chi connectivity index (χ0) is 17.1. The maximum atomic E-state index is 12.6. The SMILES string of the molecule is Cc1nnsc1C(=O)N1CCCC(Oc2ccc(N(C)C)nn2)C1. The van der Waals surface area contributed by atoms with Crippen LogP contribution in [0.25, 0.3) is 0 Å². The molecule has 0 aromatic carbocycles. The van der Waals surface area contributed by atoms with Gasteiger partial charge in [-0.15, -0.1) is 15.3 Å². The van der Waals surface area contributed by atoms with E-state index in [0.717, 1.165) is 36.7 Å². The Balaban J connectivity index is 1.63. The normalized spacial score (nSPS) is 17.6. The van der Waals surface area contributed by atoms with Crippen molar-refractivity contribution in [1.82, 2.24) is 24.7 Å². The first-order valence-corrected chi connectivity index (χ1v) is 8.58. The fourth-order valence-corrected chi connectivity index (χ4v) is 3.20. The van der Waals surface area contributed by atoms with Crippen LogP contribution in [0.4, 0.5) is 5.82 Å². The molecule has 2 aromatic rings. The molecule has 3 heterocycles. The topological polar surface area (TPSA) is 84.3 Å². The molecule has 1 aliphatic heterocycles. The van der Waals surface area contributed by atoms with Crippen LogP contribution in [0.5, 0.6) is 5.88 Å². The lowest BCUT2D eigenvalue weighted by molar-refractivity contribution is 0.0529. The van der Waals surface area contributed by atoms with E-state index in [2.05, 4.69) is 19.8 Å². The molecule has 128 valence electrons. The molecule has 0 saturated carbocycles. The molecular formula is C15H20N6O2S. The highest BCUT2D eigenvalue weighted by Crippen LogP contribution is 2.20. The summed E-state index contributed by atoms with van der Waals surface area (Å²) in [6.07, 6.45) is 1.70. The Bertz CT molecular complexity index is 702. The van der Waals surface area contributed by atoms with Crippen molar-refractivity contribution in [2.45, 2.75) is 25.9 Å². The van der Waals surface area contributed by atoms with E-state index in [0.29, 0.717) is 23.0 Å². The van der Waals surface area contributed by atoms with E-state index in [1.807, 2.05) is 25.1 Å². The van der Waals surface area contributed by atoms with Crippen LogP contribution >= 0.6 is 11.5 Å². The Labute approximate surface area is 144 Å². The summed E-state index contributed by atoms with van der Waals surface area (Å²) in [5.41, 5.74) is 0.679. The Morgan fingerprint density at radius 1 is 1.33 bits per heavy atom. The third-order valence-corrected chi connectivity index (χ3v) is 4.70. The zero-order valence-electron chi connectivity index (χ0n) is 14.0. The van der Waals surface area contributed by atoms with Gasteiger partial charge < -0.3 is 14.5 Å². The second-order valence-corrected chi connectivity index (χ2v) is 6.70. The predicted molar refractivity (Wildman–Crippen MR) is 90.6 cm³/mol. The third kappa shape index (κ3) is 3.61. The van der Waals surface area contributed by atoms with Gasteiger partial charge in [-0.3, -0.25) is 4.79 Å². The summed E-state index contributed by atoms with van der Waals surface area (Å²) in [6.45, 7) is 3.06. The Morgan fingerprint density at radius 3 is 2.79 bits per heavy atom. The van der Waals surface area contributed by atoms with Crippen LogP contribution in [-0.2, 0) is 0 Å². The van der Waals surface area contributed by atoms with E-state index in [9.17, 15) is 4.79 Å². The number of hydrogen-bond acceptors (Lipinski definition) is 8. The number of aryl methyl sites for hydroxylation is 1. The van der Waals surface area contributed by atoms with Crippen LogP contribution in [0.15, 0.2) is 12.1 Å². The van der Waals surface area contributed by atoms with E-state index in [1.165, 1.54) is 0 Å². The lowest BCUT2D eigenvalue weighted by Gasteiger charge is -2.32. The van der Waals surface area contributed by atoms with Gasteiger partial charge in [0.15, 0.2) is 5.82 Å². The van der Waals surface area contributed by atoms with Crippen molar-refractivity contribution in [3.05, 3.63) is 22.7 Å². The number of likely N-dealkylation sites (tertiary alicyclic amines) is 1. The van der Waals surface area contributed by atoms with Gasteiger partial charge in [-0.25, -0.2) is 0 Å². The number of hydrogen-bond donors (Lipinski definition) is 0. The van der Waals surface area contributed by atoms with Crippen LogP contribution in [-0.4, -0.2) is 63.9 Å². The minimum absolute atomic E-state index is 0.0233. The Hall–Kier alpha value is -2.29. The Kier molecular flexibility index (Phi) is 4.89. The molecule has 3 rings (SSSR count). The number of amides is 1.